The predicted octanol–water partition coefficient (Wildman–Crippen LogP) is 4.58. The SMILES string of the molecule is CCC(CC)(c1ccc(NC#N)cc1)c1ccc(NC#N)cc1. The molecular formula is C19H20N4. The molecule has 0 aliphatic heterocycles. The Morgan fingerprint density at radius 2 is 1.09 bits per heavy atom. The molecule has 116 valence electrons. The summed E-state index contributed by atoms with van der Waals surface area (Å²) in [6.45, 7) is 4.37. The van der Waals surface area contributed by atoms with E-state index in [2.05, 4.69) is 48.7 Å². The van der Waals surface area contributed by atoms with Crippen LogP contribution in [0.1, 0.15) is 37.8 Å². The van der Waals surface area contributed by atoms with E-state index >= 15 is 0 Å². The quantitative estimate of drug-likeness (QED) is 0.605. The van der Waals surface area contributed by atoms with Crippen LogP contribution in [0.3, 0.4) is 0 Å². The van der Waals surface area contributed by atoms with E-state index in [0.717, 1.165) is 24.2 Å². The van der Waals surface area contributed by atoms with Gasteiger partial charge in [0.25, 0.3) is 0 Å². The van der Waals surface area contributed by atoms with Gasteiger partial charge in [0.05, 0.1) is 0 Å². The summed E-state index contributed by atoms with van der Waals surface area (Å²) in [5, 5.41) is 22.7. The highest BCUT2D eigenvalue weighted by Crippen LogP contribution is 2.39. The molecule has 2 aromatic carbocycles. The van der Waals surface area contributed by atoms with Gasteiger partial charge in [-0.2, -0.15) is 10.5 Å². The first-order valence-corrected chi connectivity index (χ1v) is 7.71. The fourth-order valence-corrected chi connectivity index (χ4v) is 3.11. The Bertz CT molecular complexity index is 652. The maximum Gasteiger partial charge on any atom is 0.181 e. The average Bonchev–Trinajstić information content (AvgIpc) is 2.60. The number of anilines is 2. The van der Waals surface area contributed by atoms with Crippen LogP contribution in [-0.2, 0) is 5.41 Å². The summed E-state index contributed by atoms with van der Waals surface area (Å²) in [6, 6.07) is 16.0. The standard InChI is InChI=1S/C19H20N4/c1-3-19(4-2,15-5-9-17(10-6-15)22-13-20)16-7-11-18(12-8-16)23-14-21/h5-12,22-23H,3-4H2,1-2H3. The maximum absolute atomic E-state index is 8.70. The van der Waals surface area contributed by atoms with Crippen molar-refractivity contribution in [1.82, 2.24) is 0 Å². The Balaban J connectivity index is 2.42. The molecule has 0 saturated heterocycles. The molecule has 0 unspecified atom stereocenters. The highest BCUT2D eigenvalue weighted by Gasteiger charge is 2.30. The smallest absolute Gasteiger partial charge is 0.181 e. The molecule has 0 aromatic heterocycles. The molecule has 4 nitrogen and oxygen atoms in total. The Morgan fingerprint density at radius 1 is 0.739 bits per heavy atom. The zero-order valence-electron chi connectivity index (χ0n) is 13.4. The Labute approximate surface area is 137 Å². The van der Waals surface area contributed by atoms with Gasteiger partial charge in [-0.3, -0.25) is 10.6 Å². The molecule has 0 radical (unpaired) electrons. The summed E-state index contributed by atoms with van der Waals surface area (Å²) in [4.78, 5) is 0. The molecule has 23 heavy (non-hydrogen) atoms. The lowest BCUT2D eigenvalue weighted by Gasteiger charge is -2.33. The van der Waals surface area contributed by atoms with Crippen LogP contribution in [0.5, 0.6) is 0 Å². The third-order valence-corrected chi connectivity index (χ3v) is 4.48. The van der Waals surface area contributed by atoms with Crippen LogP contribution in [0, 0.1) is 22.9 Å². The van der Waals surface area contributed by atoms with Crippen molar-refractivity contribution in [2.45, 2.75) is 32.1 Å². The second-order valence-electron chi connectivity index (χ2n) is 5.42. The number of nitriles is 2. The fourth-order valence-electron chi connectivity index (χ4n) is 3.11. The normalized spacial score (nSPS) is 10.4. The van der Waals surface area contributed by atoms with Gasteiger partial charge >= 0.3 is 0 Å². The summed E-state index contributed by atoms with van der Waals surface area (Å²) in [7, 11) is 0. The van der Waals surface area contributed by atoms with Crippen LogP contribution in [-0.4, -0.2) is 0 Å². The van der Waals surface area contributed by atoms with Crippen LogP contribution in [0.2, 0.25) is 0 Å². The van der Waals surface area contributed by atoms with Crippen LogP contribution >= 0.6 is 0 Å². The van der Waals surface area contributed by atoms with E-state index in [-0.39, 0.29) is 5.41 Å². The Hall–Kier alpha value is -2.98. The molecule has 0 heterocycles. The molecule has 0 aliphatic carbocycles. The van der Waals surface area contributed by atoms with E-state index in [9.17, 15) is 0 Å². The third kappa shape index (κ3) is 3.27. The molecule has 0 fully saturated rings. The molecule has 0 bridgehead atoms. The maximum atomic E-state index is 8.70. The van der Waals surface area contributed by atoms with Gasteiger partial charge < -0.3 is 0 Å². The van der Waals surface area contributed by atoms with Crippen molar-refractivity contribution in [3.8, 4) is 12.4 Å². The van der Waals surface area contributed by atoms with Gasteiger partial charge in [-0.1, -0.05) is 38.1 Å². The van der Waals surface area contributed by atoms with Gasteiger partial charge in [-0.25, -0.2) is 0 Å². The van der Waals surface area contributed by atoms with E-state index in [1.54, 1.807) is 0 Å². The second kappa shape index (κ2) is 7.33. The van der Waals surface area contributed by atoms with E-state index in [1.807, 2.05) is 36.7 Å². The molecule has 0 saturated carbocycles. The molecule has 4 heteroatoms. The number of hydrogen-bond acceptors (Lipinski definition) is 4. The summed E-state index contributed by atoms with van der Waals surface area (Å²) in [5.41, 5.74) is 3.98. The van der Waals surface area contributed by atoms with Crippen LogP contribution in [0.4, 0.5) is 11.4 Å². The van der Waals surface area contributed by atoms with Crippen molar-refractivity contribution in [2.75, 3.05) is 10.6 Å². The third-order valence-electron chi connectivity index (χ3n) is 4.48. The zero-order chi connectivity index (χ0) is 16.7. The van der Waals surface area contributed by atoms with Crippen molar-refractivity contribution < 1.29 is 0 Å². The monoisotopic (exact) mass is 304 g/mol. The summed E-state index contributed by atoms with van der Waals surface area (Å²) >= 11 is 0. The van der Waals surface area contributed by atoms with Gasteiger partial charge in [-0.15, -0.1) is 0 Å². The minimum Gasteiger partial charge on any atom is -0.293 e. The summed E-state index contributed by atoms with van der Waals surface area (Å²) in [6.07, 6.45) is 5.82. The van der Waals surface area contributed by atoms with Crippen LogP contribution in [0.25, 0.3) is 0 Å². The molecule has 0 amide bonds. The van der Waals surface area contributed by atoms with Gasteiger partial charge in [0, 0.05) is 16.8 Å². The van der Waals surface area contributed by atoms with Crippen LogP contribution in [0.15, 0.2) is 48.5 Å². The number of rotatable bonds is 6. The molecule has 2 rings (SSSR count). The lowest BCUT2D eigenvalue weighted by molar-refractivity contribution is 0.478. The van der Waals surface area contributed by atoms with Gasteiger partial charge in [0.2, 0.25) is 0 Å². The number of benzene rings is 2. The first-order valence-electron chi connectivity index (χ1n) is 7.71. The minimum atomic E-state index is -0.0731. The first-order chi connectivity index (χ1) is 11.2. The number of nitrogens with zero attached hydrogens (tertiary/aromatic N) is 2. The summed E-state index contributed by atoms with van der Waals surface area (Å²) in [5.74, 6) is 0. The van der Waals surface area contributed by atoms with Gasteiger partial charge in [0.1, 0.15) is 0 Å². The van der Waals surface area contributed by atoms with Crippen molar-refractivity contribution in [1.29, 1.82) is 10.5 Å². The second-order valence-corrected chi connectivity index (χ2v) is 5.42. The molecule has 0 atom stereocenters. The van der Waals surface area contributed by atoms with Crippen molar-refractivity contribution in [3.63, 3.8) is 0 Å². The van der Waals surface area contributed by atoms with Gasteiger partial charge in [-0.05, 0) is 48.2 Å². The van der Waals surface area contributed by atoms with E-state index in [0.29, 0.717) is 0 Å². The van der Waals surface area contributed by atoms with Crippen molar-refractivity contribution >= 4 is 11.4 Å². The molecule has 0 spiro atoms. The lowest BCUT2D eigenvalue weighted by Crippen LogP contribution is -2.26. The average molecular weight is 304 g/mol. The molecule has 2 N–H and O–H groups in total. The highest BCUT2D eigenvalue weighted by atomic mass is 14.9. The first kappa shape index (κ1) is 16.4. The predicted molar refractivity (Wildman–Crippen MR) is 92.7 cm³/mol. The van der Waals surface area contributed by atoms with E-state index in [1.165, 1.54) is 11.1 Å². The Kier molecular flexibility index (Phi) is 5.23. The lowest BCUT2D eigenvalue weighted by atomic mass is 9.70. The number of hydrogen-bond donors (Lipinski definition) is 2. The minimum absolute atomic E-state index is 0.0731. The number of nitrogens with one attached hydrogen (secondary N) is 2. The molecule has 2 aromatic rings. The fraction of sp³-hybridized carbons (Fsp3) is 0.263. The highest BCUT2D eigenvalue weighted by molar-refractivity contribution is 5.53. The molecular weight excluding hydrogens is 284 g/mol. The summed E-state index contributed by atoms with van der Waals surface area (Å²) < 4.78 is 0. The Morgan fingerprint density at radius 3 is 1.35 bits per heavy atom. The largest absolute Gasteiger partial charge is 0.293 e. The van der Waals surface area contributed by atoms with E-state index < -0.39 is 0 Å². The topological polar surface area (TPSA) is 71.6 Å². The molecule has 0 aliphatic rings. The van der Waals surface area contributed by atoms with Crippen molar-refractivity contribution in [2.24, 2.45) is 0 Å². The van der Waals surface area contributed by atoms with E-state index in [4.69, 9.17) is 10.5 Å². The van der Waals surface area contributed by atoms with Gasteiger partial charge in [0.15, 0.2) is 12.4 Å². The zero-order valence-corrected chi connectivity index (χ0v) is 13.4. The van der Waals surface area contributed by atoms with Crippen molar-refractivity contribution in [3.05, 3.63) is 59.7 Å². The van der Waals surface area contributed by atoms with Crippen LogP contribution < -0.4 is 10.6 Å².